The van der Waals surface area contributed by atoms with Gasteiger partial charge in [-0.15, -0.1) is 0 Å². The molecule has 2 rings (SSSR count). The molecule has 0 saturated carbocycles. The molecule has 3 nitrogen and oxygen atoms in total. The molecular formula is C15H30N2OS. The third-order valence-electron chi connectivity index (χ3n) is 3.95. The van der Waals surface area contributed by atoms with Crippen LogP contribution < -0.4 is 5.32 Å². The molecule has 2 saturated heterocycles. The minimum Gasteiger partial charge on any atom is -0.372 e. The van der Waals surface area contributed by atoms with Gasteiger partial charge in [-0.05, 0) is 25.8 Å². The monoisotopic (exact) mass is 286 g/mol. The summed E-state index contributed by atoms with van der Waals surface area (Å²) < 4.78 is 6.17. The highest BCUT2D eigenvalue weighted by Gasteiger charge is 2.29. The number of hydrogen-bond acceptors (Lipinski definition) is 4. The molecule has 0 aliphatic carbocycles. The molecule has 4 atom stereocenters. The maximum atomic E-state index is 6.17. The zero-order chi connectivity index (χ0) is 13.7. The SMILES string of the molecule is CCCNCC1CCC(CN2CC(C)SC(C)C2)O1. The minimum absolute atomic E-state index is 0.450. The van der Waals surface area contributed by atoms with Gasteiger partial charge in [-0.1, -0.05) is 20.8 Å². The molecule has 0 aromatic carbocycles. The van der Waals surface area contributed by atoms with E-state index in [0.29, 0.717) is 12.2 Å². The Kier molecular flexibility index (Phi) is 6.46. The van der Waals surface area contributed by atoms with Crippen LogP contribution >= 0.6 is 11.8 Å². The summed E-state index contributed by atoms with van der Waals surface area (Å²) in [6.07, 6.45) is 4.60. The van der Waals surface area contributed by atoms with E-state index >= 15 is 0 Å². The van der Waals surface area contributed by atoms with Gasteiger partial charge in [-0.2, -0.15) is 11.8 Å². The Balaban J connectivity index is 1.66. The van der Waals surface area contributed by atoms with E-state index in [2.05, 4.69) is 42.7 Å². The summed E-state index contributed by atoms with van der Waals surface area (Å²) >= 11 is 2.12. The highest BCUT2D eigenvalue weighted by Crippen LogP contribution is 2.27. The average Bonchev–Trinajstić information content (AvgIpc) is 2.76. The molecule has 4 unspecified atom stereocenters. The normalized spacial score (nSPS) is 36.8. The van der Waals surface area contributed by atoms with Crippen LogP contribution in [-0.2, 0) is 4.74 Å². The zero-order valence-corrected chi connectivity index (χ0v) is 13.5. The van der Waals surface area contributed by atoms with E-state index in [1.807, 2.05) is 0 Å². The van der Waals surface area contributed by atoms with Crippen molar-refractivity contribution in [1.82, 2.24) is 10.2 Å². The molecule has 0 spiro atoms. The summed E-state index contributed by atoms with van der Waals surface area (Å²) in [6, 6.07) is 0. The quantitative estimate of drug-likeness (QED) is 0.758. The summed E-state index contributed by atoms with van der Waals surface area (Å²) in [5.74, 6) is 0. The van der Waals surface area contributed by atoms with Gasteiger partial charge in [0, 0.05) is 36.7 Å². The van der Waals surface area contributed by atoms with Gasteiger partial charge >= 0.3 is 0 Å². The predicted octanol–water partition coefficient (Wildman–Crippen LogP) is 2.36. The lowest BCUT2D eigenvalue weighted by Gasteiger charge is -2.35. The molecule has 0 radical (unpaired) electrons. The Morgan fingerprint density at radius 2 is 1.84 bits per heavy atom. The molecule has 112 valence electrons. The second-order valence-corrected chi connectivity index (χ2v) is 8.02. The van der Waals surface area contributed by atoms with Crippen LogP contribution in [0, 0.1) is 0 Å². The Bertz CT molecular complexity index is 255. The van der Waals surface area contributed by atoms with Crippen LogP contribution in [0.5, 0.6) is 0 Å². The van der Waals surface area contributed by atoms with Gasteiger partial charge in [-0.3, -0.25) is 4.90 Å². The van der Waals surface area contributed by atoms with Crippen LogP contribution in [-0.4, -0.2) is 60.3 Å². The van der Waals surface area contributed by atoms with Crippen LogP contribution in [0.25, 0.3) is 0 Å². The predicted molar refractivity (Wildman–Crippen MR) is 84.0 cm³/mol. The van der Waals surface area contributed by atoms with Gasteiger partial charge in [0.2, 0.25) is 0 Å². The van der Waals surface area contributed by atoms with Crippen molar-refractivity contribution < 1.29 is 4.74 Å². The molecule has 4 heteroatoms. The summed E-state index contributed by atoms with van der Waals surface area (Å²) in [5.41, 5.74) is 0. The molecule has 2 heterocycles. The number of rotatable bonds is 6. The standard InChI is InChI=1S/C15H30N2OS/c1-4-7-16-8-14-5-6-15(18-14)11-17-9-12(2)19-13(3)10-17/h12-16H,4-11H2,1-3H3. The molecular weight excluding hydrogens is 256 g/mol. The van der Waals surface area contributed by atoms with Gasteiger partial charge < -0.3 is 10.1 Å². The van der Waals surface area contributed by atoms with Crippen molar-refractivity contribution in [2.24, 2.45) is 0 Å². The third kappa shape index (κ3) is 5.25. The molecule has 19 heavy (non-hydrogen) atoms. The van der Waals surface area contributed by atoms with Gasteiger partial charge in [0.05, 0.1) is 12.2 Å². The topological polar surface area (TPSA) is 24.5 Å². The van der Waals surface area contributed by atoms with Crippen LogP contribution in [0.1, 0.15) is 40.0 Å². The number of nitrogens with zero attached hydrogens (tertiary/aromatic N) is 1. The van der Waals surface area contributed by atoms with E-state index in [0.717, 1.165) is 30.1 Å². The first kappa shape index (κ1) is 15.6. The number of hydrogen-bond donors (Lipinski definition) is 1. The molecule has 0 amide bonds. The molecule has 2 aliphatic rings. The van der Waals surface area contributed by atoms with Crippen molar-refractivity contribution in [2.75, 3.05) is 32.7 Å². The van der Waals surface area contributed by atoms with E-state index in [1.54, 1.807) is 0 Å². The number of thioether (sulfide) groups is 1. The van der Waals surface area contributed by atoms with Crippen molar-refractivity contribution in [1.29, 1.82) is 0 Å². The Morgan fingerprint density at radius 1 is 1.16 bits per heavy atom. The molecule has 2 aliphatic heterocycles. The number of nitrogens with one attached hydrogen (secondary N) is 1. The van der Waals surface area contributed by atoms with Gasteiger partial charge in [0.25, 0.3) is 0 Å². The van der Waals surface area contributed by atoms with Gasteiger partial charge in [-0.25, -0.2) is 0 Å². The lowest BCUT2D eigenvalue weighted by atomic mass is 10.1. The largest absolute Gasteiger partial charge is 0.372 e. The van der Waals surface area contributed by atoms with Crippen LogP contribution in [0.3, 0.4) is 0 Å². The Labute approximate surface area is 122 Å². The first-order chi connectivity index (χ1) is 9.17. The smallest absolute Gasteiger partial charge is 0.0707 e. The van der Waals surface area contributed by atoms with Crippen molar-refractivity contribution in [3.63, 3.8) is 0 Å². The van der Waals surface area contributed by atoms with Crippen LogP contribution in [0.4, 0.5) is 0 Å². The van der Waals surface area contributed by atoms with E-state index in [-0.39, 0.29) is 0 Å². The third-order valence-corrected chi connectivity index (χ3v) is 5.18. The van der Waals surface area contributed by atoms with Gasteiger partial charge in [0.1, 0.15) is 0 Å². The zero-order valence-electron chi connectivity index (χ0n) is 12.7. The van der Waals surface area contributed by atoms with Crippen LogP contribution in [0.15, 0.2) is 0 Å². The second-order valence-electron chi connectivity index (χ2n) is 6.14. The van der Waals surface area contributed by atoms with Crippen molar-refractivity contribution in [3.8, 4) is 0 Å². The second kappa shape index (κ2) is 7.87. The fraction of sp³-hybridized carbons (Fsp3) is 1.00. The van der Waals surface area contributed by atoms with Crippen molar-refractivity contribution >= 4 is 11.8 Å². The molecule has 0 bridgehead atoms. The van der Waals surface area contributed by atoms with Crippen molar-refractivity contribution in [2.45, 2.75) is 62.7 Å². The number of ether oxygens (including phenoxy) is 1. The molecule has 0 aromatic heterocycles. The van der Waals surface area contributed by atoms with Gasteiger partial charge in [0.15, 0.2) is 0 Å². The first-order valence-corrected chi connectivity index (χ1v) is 8.85. The molecule has 1 N–H and O–H groups in total. The van der Waals surface area contributed by atoms with Crippen LogP contribution in [0.2, 0.25) is 0 Å². The maximum absolute atomic E-state index is 6.17. The summed E-state index contributed by atoms with van der Waals surface area (Å²) in [7, 11) is 0. The summed E-state index contributed by atoms with van der Waals surface area (Å²) in [6.45, 7) is 12.7. The Morgan fingerprint density at radius 3 is 2.53 bits per heavy atom. The van der Waals surface area contributed by atoms with E-state index in [4.69, 9.17) is 4.74 Å². The summed E-state index contributed by atoms with van der Waals surface area (Å²) in [4.78, 5) is 2.61. The summed E-state index contributed by atoms with van der Waals surface area (Å²) in [5, 5.41) is 5.01. The van der Waals surface area contributed by atoms with E-state index < -0.39 is 0 Å². The lowest BCUT2D eigenvalue weighted by molar-refractivity contribution is 0.0232. The highest BCUT2D eigenvalue weighted by molar-refractivity contribution is 8.00. The fourth-order valence-corrected chi connectivity index (χ4v) is 4.61. The minimum atomic E-state index is 0.450. The van der Waals surface area contributed by atoms with E-state index in [9.17, 15) is 0 Å². The highest BCUT2D eigenvalue weighted by atomic mass is 32.2. The van der Waals surface area contributed by atoms with E-state index in [1.165, 1.54) is 32.4 Å². The molecule has 2 fully saturated rings. The molecule has 0 aromatic rings. The average molecular weight is 286 g/mol. The fourth-order valence-electron chi connectivity index (χ4n) is 3.23. The van der Waals surface area contributed by atoms with Crippen molar-refractivity contribution in [3.05, 3.63) is 0 Å². The first-order valence-electron chi connectivity index (χ1n) is 7.91. The Hall–Kier alpha value is 0.230. The lowest BCUT2D eigenvalue weighted by Crippen LogP contribution is -2.44. The maximum Gasteiger partial charge on any atom is 0.0707 e.